The van der Waals surface area contributed by atoms with E-state index >= 15 is 0 Å². The van der Waals surface area contributed by atoms with Crippen LogP contribution in [-0.4, -0.2) is 32.8 Å². The number of nitrogens with one attached hydrogen (secondary N) is 1. The van der Waals surface area contributed by atoms with E-state index in [1.807, 2.05) is 0 Å². The molecule has 0 radical (unpaired) electrons. The van der Waals surface area contributed by atoms with Gasteiger partial charge in [0.05, 0.1) is 14.2 Å². The predicted molar refractivity (Wildman–Crippen MR) is 48.4 cm³/mol. The standard InChI is InChI=1S/C5H9NO4.C3H8/c1-9-4(7)3-6-5(8)10-2;1-3-2/h3H2,1-2H3,(H,6,8);3H2,1-2H3. The summed E-state index contributed by atoms with van der Waals surface area (Å²) in [5.41, 5.74) is 0. The highest BCUT2D eigenvalue weighted by Crippen LogP contribution is 1.72. The van der Waals surface area contributed by atoms with Gasteiger partial charge in [-0.25, -0.2) is 4.79 Å². The Balaban J connectivity index is 0. The van der Waals surface area contributed by atoms with Crippen LogP contribution < -0.4 is 5.32 Å². The minimum Gasteiger partial charge on any atom is -0.468 e. The quantitative estimate of drug-likeness (QED) is 0.659. The number of ether oxygens (including phenoxy) is 2. The second kappa shape index (κ2) is 10.7. The van der Waals surface area contributed by atoms with E-state index in [2.05, 4.69) is 28.6 Å². The van der Waals surface area contributed by atoms with Crippen molar-refractivity contribution in [3.8, 4) is 0 Å². The topological polar surface area (TPSA) is 64.6 Å². The third-order valence-corrected chi connectivity index (χ3v) is 0.790. The van der Waals surface area contributed by atoms with Gasteiger partial charge in [0.2, 0.25) is 0 Å². The zero-order valence-corrected chi connectivity index (χ0v) is 8.55. The monoisotopic (exact) mass is 191 g/mol. The number of esters is 1. The molecule has 0 saturated carbocycles. The van der Waals surface area contributed by atoms with E-state index in [-0.39, 0.29) is 6.54 Å². The maximum atomic E-state index is 10.3. The highest BCUT2D eigenvalue weighted by Gasteiger charge is 2.02. The number of hydrogen-bond acceptors (Lipinski definition) is 4. The fraction of sp³-hybridized carbons (Fsp3) is 0.750. The molecule has 0 aliphatic carbocycles. The number of carbonyl (C=O) groups excluding carboxylic acids is 2. The average Bonchev–Trinajstić information content (AvgIpc) is 2.14. The molecule has 0 aliphatic heterocycles. The molecule has 0 fully saturated rings. The minimum absolute atomic E-state index is 0.164. The molecule has 5 nitrogen and oxygen atoms in total. The number of hydrogen-bond donors (Lipinski definition) is 1. The lowest BCUT2D eigenvalue weighted by Gasteiger charge is -2.00. The first kappa shape index (κ1) is 14.3. The summed E-state index contributed by atoms with van der Waals surface area (Å²) in [6, 6.07) is 0. The van der Waals surface area contributed by atoms with E-state index in [9.17, 15) is 9.59 Å². The first-order valence-electron chi connectivity index (χ1n) is 4.00. The molecule has 0 spiro atoms. The van der Waals surface area contributed by atoms with Crippen LogP contribution in [0.2, 0.25) is 0 Å². The van der Waals surface area contributed by atoms with Crippen molar-refractivity contribution in [2.24, 2.45) is 0 Å². The fourth-order valence-electron chi connectivity index (χ4n) is 0.289. The van der Waals surface area contributed by atoms with Crippen molar-refractivity contribution in [2.45, 2.75) is 20.3 Å². The van der Waals surface area contributed by atoms with Crippen molar-refractivity contribution in [3.05, 3.63) is 0 Å². The van der Waals surface area contributed by atoms with E-state index in [1.165, 1.54) is 20.6 Å². The Bertz CT molecular complexity index is 131. The molecule has 0 rings (SSSR count). The Morgan fingerprint density at radius 2 is 1.62 bits per heavy atom. The van der Waals surface area contributed by atoms with Crippen LogP contribution in [0.4, 0.5) is 4.79 Å². The number of methoxy groups -OCH3 is 2. The minimum atomic E-state index is -0.648. The molecule has 0 aliphatic rings. The summed E-state index contributed by atoms with van der Waals surface area (Å²) in [4.78, 5) is 20.6. The summed E-state index contributed by atoms with van der Waals surface area (Å²) in [5, 5.41) is 2.15. The van der Waals surface area contributed by atoms with Gasteiger partial charge in [-0.1, -0.05) is 20.3 Å². The fourth-order valence-corrected chi connectivity index (χ4v) is 0.289. The van der Waals surface area contributed by atoms with Crippen LogP contribution >= 0.6 is 0 Å². The third kappa shape index (κ3) is 13.7. The maximum absolute atomic E-state index is 10.3. The molecular weight excluding hydrogens is 174 g/mol. The summed E-state index contributed by atoms with van der Waals surface area (Å²) < 4.78 is 8.42. The maximum Gasteiger partial charge on any atom is 0.407 e. The summed E-state index contributed by atoms with van der Waals surface area (Å²) >= 11 is 0. The van der Waals surface area contributed by atoms with Crippen LogP contribution in [0.5, 0.6) is 0 Å². The highest BCUT2D eigenvalue weighted by molar-refractivity contribution is 5.77. The molecule has 0 aromatic carbocycles. The molecule has 0 bridgehead atoms. The van der Waals surface area contributed by atoms with Crippen LogP contribution in [0.1, 0.15) is 20.3 Å². The molecule has 0 unspecified atom stereocenters. The highest BCUT2D eigenvalue weighted by atomic mass is 16.5. The Labute approximate surface area is 78.4 Å². The van der Waals surface area contributed by atoms with Crippen LogP contribution in [0, 0.1) is 0 Å². The molecule has 1 amide bonds. The average molecular weight is 191 g/mol. The lowest BCUT2D eigenvalue weighted by molar-refractivity contribution is -0.139. The van der Waals surface area contributed by atoms with Gasteiger partial charge in [-0.2, -0.15) is 0 Å². The van der Waals surface area contributed by atoms with Crippen LogP contribution in [0.25, 0.3) is 0 Å². The molecule has 1 N–H and O–H groups in total. The van der Waals surface area contributed by atoms with Gasteiger partial charge in [0.15, 0.2) is 0 Å². The van der Waals surface area contributed by atoms with Gasteiger partial charge in [0.1, 0.15) is 6.54 Å². The van der Waals surface area contributed by atoms with Crippen molar-refractivity contribution < 1.29 is 19.1 Å². The van der Waals surface area contributed by atoms with E-state index in [1.54, 1.807) is 0 Å². The van der Waals surface area contributed by atoms with E-state index in [0.717, 1.165) is 0 Å². The number of rotatable bonds is 2. The number of amides is 1. The molecule has 13 heavy (non-hydrogen) atoms. The van der Waals surface area contributed by atoms with Gasteiger partial charge in [0.25, 0.3) is 0 Å². The summed E-state index contributed by atoms with van der Waals surface area (Å²) in [5.74, 6) is -0.509. The van der Waals surface area contributed by atoms with Crippen molar-refractivity contribution in [1.82, 2.24) is 5.32 Å². The normalized spacial score (nSPS) is 7.69. The van der Waals surface area contributed by atoms with Crippen LogP contribution in [0.3, 0.4) is 0 Å². The lowest BCUT2D eigenvalue weighted by Crippen LogP contribution is -2.29. The summed E-state index contributed by atoms with van der Waals surface area (Å²) in [6.45, 7) is 4.09. The molecular formula is C8H17NO4. The first-order chi connectivity index (χ1) is 6.12. The van der Waals surface area contributed by atoms with E-state index < -0.39 is 12.1 Å². The second-order valence-corrected chi connectivity index (χ2v) is 2.13. The molecule has 0 aromatic rings. The predicted octanol–water partition coefficient (Wildman–Crippen LogP) is 0.932. The van der Waals surface area contributed by atoms with Crippen LogP contribution in [0.15, 0.2) is 0 Å². The van der Waals surface area contributed by atoms with E-state index in [0.29, 0.717) is 0 Å². The zero-order valence-electron chi connectivity index (χ0n) is 8.55. The van der Waals surface area contributed by atoms with Crippen molar-refractivity contribution in [3.63, 3.8) is 0 Å². The molecule has 0 saturated heterocycles. The van der Waals surface area contributed by atoms with Gasteiger partial charge >= 0.3 is 12.1 Å². The molecule has 5 heteroatoms. The third-order valence-electron chi connectivity index (χ3n) is 0.790. The molecule has 0 heterocycles. The molecule has 0 atom stereocenters. The summed E-state index contributed by atoms with van der Waals surface area (Å²) in [7, 11) is 2.45. The van der Waals surface area contributed by atoms with Gasteiger partial charge in [-0.3, -0.25) is 4.79 Å². The second-order valence-electron chi connectivity index (χ2n) is 2.13. The smallest absolute Gasteiger partial charge is 0.407 e. The summed E-state index contributed by atoms with van der Waals surface area (Å²) in [6.07, 6.45) is 0.602. The van der Waals surface area contributed by atoms with Gasteiger partial charge in [-0.15, -0.1) is 0 Å². The van der Waals surface area contributed by atoms with Gasteiger partial charge in [-0.05, 0) is 0 Å². The Hall–Kier alpha value is -1.26. The van der Waals surface area contributed by atoms with E-state index in [4.69, 9.17) is 0 Å². The Morgan fingerprint density at radius 3 is 1.92 bits per heavy atom. The number of alkyl carbamates (subject to hydrolysis) is 1. The van der Waals surface area contributed by atoms with Crippen molar-refractivity contribution in [1.29, 1.82) is 0 Å². The lowest BCUT2D eigenvalue weighted by atomic mass is 10.6. The molecule has 78 valence electrons. The first-order valence-corrected chi connectivity index (χ1v) is 4.00. The van der Waals surface area contributed by atoms with Crippen molar-refractivity contribution >= 4 is 12.1 Å². The Kier molecular flexibility index (Phi) is 11.8. The number of carbonyl (C=O) groups is 2. The molecule has 0 aromatic heterocycles. The SMILES string of the molecule is CCC.COC(=O)CNC(=O)OC. The van der Waals surface area contributed by atoms with Gasteiger partial charge in [0, 0.05) is 0 Å². The van der Waals surface area contributed by atoms with Crippen molar-refractivity contribution in [2.75, 3.05) is 20.8 Å². The van der Waals surface area contributed by atoms with Crippen LogP contribution in [-0.2, 0) is 14.3 Å². The largest absolute Gasteiger partial charge is 0.468 e. The Morgan fingerprint density at radius 1 is 1.15 bits per heavy atom. The zero-order chi connectivity index (χ0) is 10.7. The van der Waals surface area contributed by atoms with Gasteiger partial charge < -0.3 is 14.8 Å².